The average molecular weight is 423 g/mol. The molecule has 6 nitrogen and oxygen atoms in total. The van der Waals surface area contributed by atoms with Gasteiger partial charge in [-0.15, -0.1) is 11.8 Å². The van der Waals surface area contributed by atoms with E-state index in [9.17, 15) is 19.2 Å². The molecule has 2 aliphatic rings. The average Bonchev–Trinajstić information content (AvgIpc) is 3.17. The molecular weight excluding hydrogens is 404 g/mol. The van der Waals surface area contributed by atoms with E-state index in [2.05, 4.69) is 0 Å². The molecule has 0 fully saturated rings. The minimum absolute atomic E-state index is 0.144. The van der Waals surface area contributed by atoms with Crippen LogP contribution in [0.15, 0.2) is 28.2 Å². The predicted molar refractivity (Wildman–Crippen MR) is 104 cm³/mol. The van der Waals surface area contributed by atoms with Crippen LogP contribution in [0.3, 0.4) is 0 Å². The number of ether oxygens (including phenoxy) is 2. The van der Waals surface area contributed by atoms with Crippen LogP contribution in [0.5, 0.6) is 0 Å². The smallest absolute Gasteiger partial charge is 0.324 e. The molecule has 0 radical (unpaired) electrons. The van der Waals surface area contributed by atoms with Crippen molar-refractivity contribution in [2.45, 2.75) is 30.6 Å². The van der Waals surface area contributed by atoms with Crippen molar-refractivity contribution in [1.29, 1.82) is 0 Å². The van der Waals surface area contributed by atoms with Gasteiger partial charge in [-0.05, 0) is 42.5 Å². The zero-order valence-electron chi connectivity index (χ0n) is 15.5. The molecule has 0 atom stereocenters. The zero-order chi connectivity index (χ0) is 20.4. The Labute approximate surface area is 171 Å². The highest BCUT2D eigenvalue weighted by Gasteiger charge is 2.40. The van der Waals surface area contributed by atoms with E-state index in [1.165, 1.54) is 0 Å². The number of benzene rings is 1. The Kier molecular flexibility index (Phi) is 6.25. The van der Waals surface area contributed by atoms with Crippen molar-refractivity contribution in [3.05, 3.63) is 39.4 Å². The van der Waals surface area contributed by atoms with Crippen LogP contribution >= 0.6 is 23.4 Å². The van der Waals surface area contributed by atoms with Gasteiger partial charge in [0.1, 0.15) is 0 Å². The number of hydrogen-bond donors (Lipinski definition) is 0. The lowest BCUT2D eigenvalue weighted by Gasteiger charge is -2.23. The van der Waals surface area contributed by atoms with Gasteiger partial charge in [-0.2, -0.15) is 0 Å². The maximum atomic E-state index is 13.3. The van der Waals surface area contributed by atoms with Gasteiger partial charge in [0.05, 0.1) is 24.8 Å². The minimum atomic E-state index is -1.44. The molecule has 0 saturated heterocycles. The van der Waals surface area contributed by atoms with E-state index < -0.39 is 29.4 Å². The fraction of sp³-hybridized carbons (Fsp3) is 0.400. The third-order valence-electron chi connectivity index (χ3n) is 4.95. The molecule has 0 spiro atoms. The number of rotatable bonds is 5. The number of Topliss-reactive ketones (excluding diaryl/α,β-unsaturated/α-hetero) is 2. The lowest BCUT2D eigenvalue weighted by atomic mass is 9.80. The molecule has 1 aliphatic carbocycles. The van der Waals surface area contributed by atoms with Crippen molar-refractivity contribution in [3.8, 4) is 0 Å². The van der Waals surface area contributed by atoms with Crippen LogP contribution in [0.2, 0.25) is 5.02 Å². The topological polar surface area (TPSA) is 86.7 Å². The maximum Gasteiger partial charge on any atom is 0.324 e. The molecule has 1 heterocycles. The van der Waals surface area contributed by atoms with E-state index in [4.69, 9.17) is 21.1 Å². The Hall–Kier alpha value is -2.12. The van der Waals surface area contributed by atoms with Crippen LogP contribution in [-0.2, 0) is 30.3 Å². The van der Waals surface area contributed by atoms with Crippen LogP contribution < -0.4 is 0 Å². The van der Waals surface area contributed by atoms with Gasteiger partial charge >= 0.3 is 11.9 Å². The van der Waals surface area contributed by atoms with Gasteiger partial charge in [0.15, 0.2) is 17.5 Å². The number of carbonyl (C=O) groups is 4. The molecular formula is C20H19ClO6S. The molecule has 0 N–H and O–H groups in total. The first-order chi connectivity index (χ1) is 13.4. The largest absolute Gasteiger partial charge is 0.468 e. The highest BCUT2D eigenvalue weighted by Crippen LogP contribution is 2.39. The monoisotopic (exact) mass is 422 g/mol. The predicted octanol–water partition coefficient (Wildman–Crippen LogP) is 3.18. The Balaban J connectivity index is 2.14. The summed E-state index contributed by atoms with van der Waals surface area (Å²) in [6.07, 6.45) is 1.59. The number of hydrogen-bond acceptors (Lipinski definition) is 7. The second-order valence-corrected chi connectivity index (χ2v) is 8.00. The van der Waals surface area contributed by atoms with Crippen LogP contribution in [-0.4, -0.2) is 43.5 Å². The number of fused-ring (bicyclic) bond motifs is 1. The molecule has 1 aromatic rings. The fourth-order valence-electron chi connectivity index (χ4n) is 3.59. The quantitative estimate of drug-likeness (QED) is 0.311. The van der Waals surface area contributed by atoms with Gasteiger partial charge in [0, 0.05) is 22.6 Å². The second kappa shape index (κ2) is 8.49. The number of esters is 2. The lowest BCUT2D eigenvalue weighted by Crippen LogP contribution is -2.33. The van der Waals surface area contributed by atoms with Crippen molar-refractivity contribution in [2.24, 2.45) is 5.92 Å². The summed E-state index contributed by atoms with van der Waals surface area (Å²) in [5, 5.41) is 0.324. The van der Waals surface area contributed by atoms with E-state index in [0.717, 1.165) is 36.9 Å². The van der Waals surface area contributed by atoms with Crippen LogP contribution in [0.25, 0.3) is 0 Å². The van der Waals surface area contributed by atoms with Crippen LogP contribution in [0.4, 0.5) is 0 Å². The fourth-order valence-corrected chi connectivity index (χ4v) is 5.06. The van der Waals surface area contributed by atoms with Gasteiger partial charge in [-0.1, -0.05) is 11.6 Å². The van der Waals surface area contributed by atoms with Gasteiger partial charge in [-0.3, -0.25) is 19.2 Å². The molecule has 0 aromatic heterocycles. The van der Waals surface area contributed by atoms with E-state index in [0.29, 0.717) is 11.4 Å². The van der Waals surface area contributed by atoms with Crippen molar-refractivity contribution in [3.63, 3.8) is 0 Å². The van der Waals surface area contributed by atoms with Crippen LogP contribution in [0, 0.1) is 5.92 Å². The van der Waals surface area contributed by atoms with Gasteiger partial charge in [0.2, 0.25) is 0 Å². The van der Waals surface area contributed by atoms with E-state index in [-0.39, 0.29) is 29.6 Å². The Morgan fingerprint density at radius 1 is 1.07 bits per heavy atom. The first-order valence-corrected chi connectivity index (χ1v) is 10.2. The molecule has 148 valence electrons. The molecule has 0 bridgehead atoms. The lowest BCUT2D eigenvalue weighted by molar-refractivity contribution is -0.156. The number of ketones is 2. The summed E-state index contributed by atoms with van der Waals surface area (Å²) < 4.78 is 9.43. The van der Waals surface area contributed by atoms with E-state index >= 15 is 0 Å². The number of thioether (sulfide) groups is 1. The molecule has 1 aromatic carbocycles. The molecule has 0 unspecified atom stereocenters. The van der Waals surface area contributed by atoms with Gasteiger partial charge < -0.3 is 9.47 Å². The normalized spacial score (nSPS) is 16.2. The first-order valence-electron chi connectivity index (χ1n) is 8.81. The maximum absolute atomic E-state index is 13.3. The summed E-state index contributed by atoms with van der Waals surface area (Å²) >= 11 is 8.13. The Morgan fingerprint density at radius 3 is 2.39 bits per heavy atom. The zero-order valence-corrected chi connectivity index (χ0v) is 17.1. The summed E-state index contributed by atoms with van der Waals surface area (Å²) in [7, 11) is 2.28. The summed E-state index contributed by atoms with van der Waals surface area (Å²) in [6, 6.07) is 3.41. The molecule has 8 heteroatoms. The third kappa shape index (κ3) is 3.61. The third-order valence-corrected chi connectivity index (χ3v) is 6.49. The molecule has 28 heavy (non-hydrogen) atoms. The van der Waals surface area contributed by atoms with Crippen LogP contribution in [0.1, 0.15) is 35.2 Å². The highest BCUT2D eigenvalue weighted by molar-refractivity contribution is 7.99. The standard InChI is InChI=1S/C20H19ClO6S/c1-26-19(24)16(20(25)27-2)11-4-3-5-13(22)15(11)18(23)12-6-7-14-10(17(12)21)8-9-28-14/h6-7,16H,3-5,8-9H2,1-2H3. The van der Waals surface area contributed by atoms with Gasteiger partial charge in [0.25, 0.3) is 0 Å². The minimum Gasteiger partial charge on any atom is -0.468 e. The van der Waals surface area contributed by atoms with Crippen molar-refractivity contribution in [2.75, 3.05) is 20.0 Å². The number of halogens is 1. The number of methoxy groups -OCH3 is 2. The first kappa shape index (κ1) is 20.6. The molecule has 0 amide bonds. The Morgan fingerprint density at radius 2 is 1.75 bits per heavy atom. The molecule has 1 aliphatic heterocycles. The molecule has 3 rings (SSSR count). The number of carbonyl (C=O) groups excluding carboxylic acids is 4. The van der Waals surface area contributed by atoms with Gasteiger partial charge in [-0.25, -0.2) is 0 Å². The number of allylic oxidation sites excluding steroid dienone is 1. The highest BCUT2D eigenvalue weighted by atomic mass is 35.5. The summed E-state index contributed by atoms with van der Waals surface area (Å²) in [4.78, 5) is 51.4. The van der Waals surface area contributed by atoms with E-state index in [1.807, 2.05) is 6.07 Å². The second-order valence-electron chi connectivity index (χ2n) is 6.49. The SMILES string of the molecule is COC(=O)C(C(=O)OC)C1=C(C(=O)c2ccc3c(c2Cl)CCS3)C(=O)CCC1. The summed E-state index contributed by atoms with van der Waals surface area (Å²) in [5.74, 6) is -3.26. The summed E-state index contributed by atoms with van der Waals surface area (Å²) in [6.45, 7) is 0. The Bertz CT molecular complexity index is 888. The van der Waals surface area contributed by atoms with Crippen molar-refractivity contribution >= 4 is 46.9 Å². The van der Waals surface area contributed by atoms with Crippen molar-refractivity contribution < 1.29 is 28.7 Å². The van der Waals surface area contributed by atoms with E-state index in [1.54, 1.807) is 17.8 Å². The van der Waals surface area contributed by atoms with Crippen molar-refractivity contribution in [1.82, 2.24) is 0 Å². The molecule has 0 saturated carbocycles. The summed E-state index contributed by atoms with van der Waals surface area (Å²) in [5.41, 5.74) is 1.09.